The molecule has 3 amide bonds. The highest BCUT2D eigenvalue weighted by atomic mass is 16.2. The second-order valence-corrected chi connectivity index (χ2v) is 7.12. The van der Waals surface area contributed by atoms with Gasteiger partial charge in [0, 0.05) is 12.6 Å². The first-order chi connectivity index (χ1) is 13.1. The molecule has 0 spiro atoms. The van der Waals surface area contributed by atoms with Gasteiger partial charge in [0.25, 0.3) is 5.91 Å². The average molecular weight is 373 g/mol. The number of hydrogen-bond donors (Lipinski definition) is 3. The molecule has 1 saturated carbocycles. The molecule has 148 valence electrons. The molecule has 0 aromatic heterocycles. The molecular weight excluding hydrogens is 342 g/mol. The van der Waals surface area contributed by atoms with Crippen molar-refractivity contribution in [3.8, 4) is 0 Å². The second kappa shape index (κ2) is 11.4. The summed E-state index contributed by atoms with van der Waals surface area (Å²) in [6.45, 7) is 2.68. The quantitative estimate of drug-likeness (QED) is 0.410. The maximum absolute atomic E-state index is 12.2. The molecular formula is C21H31N3O3. The summed E-state index contributed by atoms with van der Waals surface area (Å²) in [7, 11) is 0. The zero-order chi connectivity index (χ0) is 19.5. The number of hydrogen-bond acceptors (Lipinski definition) is 3. The zero-order valence-corrected chi connectivity index (χ0v) is 16.2. The number of carbonyl (C=O) groups is 3. The van der Waals surface area contributed by atoms with Crippen LogP contribution in [0.4, 0.5) is 5.69 Å². The smallest absolute Gasteiger partial charge is 0.313 e. The molecule has 0 atom stereocenters. The molecule has 0 radical (unpaired) electrons. The molecule has 2 rings (SSSR count). The summed E-state index contributed by atoms with van der Waals surface area (Å²) in [5.41, 5.74) is 0.726. The minimum Gasteiger partial charge on any atom is -0.349 e. The molecule has 0 heterocycles. The van der Waals surface area contributed by atoms with E-state index in [1.165, 1.54) is 25.7 Å². The summed E-state index contributed by atoms with van der Waals surface area (Å²) in [6.07, 6.45) is 10.0. The van der Waals surface area contributed by atoms with Crippen LogP contribution in [0.1, 0.15) is 75.1 Å². The number of amides is 3. The Kier molecular flexibility index (Phi) is 8.81. The normalized spacial score (nSPS) is 13.1. The van der Waals surface area contributed by atoms with E-state index in [1.807, 2.05) is 0 Å². The van der Waals surface area contributed by atoms with Crippen molar-refractivity contribution in [3.05, 3.63) is 29.8 Å². The van der Waals surface area contributed by atoms with Crippen molar-refractivity contribution in [2.45, 2.75) is 70.8 Å². The summed E-state index contributed by atoms with van der Waals surface area (Å²) in [6, 6.07) is 6.96. The number of unbranched alkanes of at least 4 members (excludes halogenated alkanes) is 6. The predicted octanol–water partition coefficient (Wildman–Crippen LogP) is 3.38. The van der Waals surface area contributed by atoms with Crippen molar-refractivity contribution in [2.24, 2.45) is 0 Å². The fourth-order valence-corrected chi connectivity index (χ4v) is 2.82. The third-order valence-electron chi connectivity index (χ3n) is 4.60. The van der Waals surface area contributed by atoms with Gasteiger partial charge in [0.15, 0.2) is 0 Å². The second-order valence-electron chi connectivity index (χ2n) is 7.12. The van der Waals surface area contributed by atoms with E-state index in [-0.39, 0.29) is 11.9 Å². The van der Waals surface area contributed by atoms with Crippen molar-refractivity contribution in [1.82, 2.24) is 10.6 Å². The Morgan fingerprint density at radius 1 is 0.926 bits per heavy atom. The minimum absolute atomic E-state index is 0.225. The van der Waals surface area contributed by atoms with Crippen molar-refractivity contribution < 1.29 is 14.4 Å². The van der Waals surface area contributed by atoms with E-state index in [0.29, 0.717) is 17.8 Å². The van der Waals surface area contributed by atoms with Crippen LogP contribution in [0.15, 0.2) is 24.3 Å². The van der Waals surface area contributed by atoms with Gasteiger partial charge in [-0.1, -0.05) is 57.6 Å². The highest BCUT2D eigenvalue weighted by Gasteiger charge is 2.25. The molecule has 3 N–H and O–H groups in total. The first kappa shape index (κ1) is 20.9. The lowest BCUT2D eigenvalue weighted by molar-refractivity contribution is -0.136. The van der Waals surface area contributed by atoms with Crippen molar-refractivity contribution in [2.75, 3.05) is 11.9 Å². The van der Waals surface area contributed by atoms with Gasteiger partial charge >= 0.3 is 11.8 Å². The van der Waals surface area contributed by atoms with Crippen molar-refractivity contribution in [3.63, 3.8) is 0 Å². The monoisotopic (exact) mass is 373 g/mol. The molecule has 1 aromatic rings. The topological polar surface area (TPSA) is 87.3 Å². The van der Waals surface area contributed by atoms with Gasteiger partial charge < -0.3 is 16.0 Å². The first-order valence-electron chi connectivity index (χ1n) is 10.1. The van der Waals surface area contributed by atoms with Crippen LogP contribution >= 0.6 is 0 Å². The number of rotatable bonds is 11. The zero-order valence-electron chi connectivity index (χ0n) is 16.2. The SMILES string of the molecule is CCCCCCCCCNC(=O)C(=O)Nc1ccccc1C(=O)NC1CC1. The van der Waals surface area contributed by atoms with Gasteiger partial charge in [0.1, 0.15) is 0 Å². The van der Waals surface area contributed by atoms with Crippen LogP contribution in [-0.4, -0.2) is 30.3 Å². The summed E-state index contributed by atoms with van der Waals surface area (Å²) in [5.74, 6) is -1.64. The van der Waals surface area contributed by atoms with Crippen molar-refractivity contribution in [1.29, 1.82) is 0 Å². The molecule has 6 nitrogen and oxygen atoms in total. The van der Waals surface area contributed by atoms with Crippen LogP contribution in [-0.2, 0) is 9.59 Å². The predicted molar refractivity (Wildman–Crippen MR) is 107 cm³/mol. The number of para-hydroxylation sites is 1. The summed E-state index contributed by atoms with van der Waals surface area (Å²) in [5, 5.41) is 8.08. The number of benzene rings is 1. The molecule has 0 unspecified atom stereocenters. The maximum Gasteiger partial charge on any atom is 0.313 e. The fourth-order valence-electron chi connectivity index (χ4n) is 2.82. The van der Waals surface area contributed by atoms with Crippen LogP contribution in [0.25, 0.3) is 0 Å². The number of anilines is 1. The third kappa shape index (κ3) is 7.81. The van der Waals surface area contributed by atoms with Gasteiger partial charge in [-0.25, -0.2) is 0 Å². The van der Waals surface area contributed by atoms with E-state index in [4.69, 9.17) is 0 Å². The van der Waals surface area contributed by atoms with Crippen molar-refractivity contribution >= 4 is 23.4 Å². The van der Waals surface area contributed by atoms with E-state index in [9.17, 15) is 14.4 Å². The van der Waals surface area contributed by atoms with E-state index < -0.39 is 11.8 Å². The maximum atomic E-state index is 12.2. The lowest BCUT2D eigenvalue weighted by Crippen LogP contribution is -2.36. The Balaban J connectivity index is 1.71. The van der Waals surface area contributed by atoms with Gasteiger partial charge in [0.2, 0.25) is 0 Å². The molecule has 27 heavy (non-hydrogen) atoms. The highest BCUT2D eigenvalue weighted by molar-refractivity contribution is 6.40. The van der Waals surface area contributed by atoms with E-state index >= 15 is 0 Å². The van der Waals surface area contributed by atoms with Crippen LogP contribution in [0.2, 0.25) is 0 Å². The van der Waals surface area contributed by atoms with Crippen LogP contribution < -0.4 is 16.0 Å². The minimum atomic E-state index is -0.746. The fraction of sp³-hybridized carbons (Fsp3) is 0.571. The standard InChI is InChI=1S/C21H31N3O3/c1-2-3-4-5-6-7-10-15-22-20(26)21(27)24-18-12-9-8-11-17(18)19(25)23-16-13-14-16/h8-9,11-12,16H,2-7,10,13-15H2,1H3,(H,22,26)(H,23,25)(H,24,27). The largest absolute Gasteiger partial charge is 0.349 e. The van der Waals surface area contributed by atoms with E-state index in [0.717, 1.165) is 32.1 Å². The van der Waals surface area contributed by atoms with Gasteiger partial charge in [-0.3, -0.25) is 14.4 Å². The van der Waals surface area contributed by atoms with Crippen LogP contribution in [0, 0.1) is 0 Å². The van der Waals surface area contributed by atoms with Gasteiger partial charge in [-0.15, -0.1) is 0 Å². The Morgan fingerprint density at radius 3 is 2.30 bits per heavy atom. The Labute approximate surface area is 161 Å². The van der Waals surface area contributed by atoms with Gasteiger partial charge in [-0.05, 0) is 31.4 Å². The molecule has 1 aliphatic rings. The molecule has 0 saturated heterocycles. The Bertz CT molecular complexity index is 641. The van der Waals surface area contributed by atoms with Gasteiger partial charge in [-0.2, -0.15) is 0 Å². The molecule has 0 aliphatic heterocycles. The third-order valence-corrected chi connectivity index (χ3v) is 4.60. The lowest BCUT2D eigenvalue weighted by atomic mass is 10.1. The van der Waals surface area contributed by atoms with Crippen LogP contribution in [0.3, 0.4) is 0 Å². The Morgan fingerprint density at radius 2 is 1.59 bits per heavy atom. The Hall–Kier alpha value is -2.37. The number of nitrogens with one attached hydrogen (secondary N) is 3. The summed E-state index contributed by atoms with van der Waals surface area (Å²) >= 11 is 0. The first-order valence-corrected chi connectivity index (χ1v) is 10.1. The van der Waals surface area contributed by atoms with E-state index in [1.54, 1.807) is 24.3 Å². The average Bonchev–Trinajstić information content (AvgIpc) is 3.48. The number of carbonyl (C=O) groups excluding carboxylic acids is 3. The molecule has 6 heteroatoms. The molecule has 1 aromatic carbocycles. The lowest BCUT2D eigenvalue weighted by Gasteiger charge is -2.11. The highest BCUT2D eigenvalue weighted by Crippen LogP contribution is 2.21. The summed E-state index contributed by atoms with van der Waals surface area (Å²) in [4.78, 5) is 36.3. The summed E-state index contributed by atoms with van der Waals surface area (Å²) < 4.78 is 0. The molecule has 0 bridgehead atoms. The van der Waals surface area contributed by atoms with E-state index in [2.05, 4.69) is 22.9 Å². The van der Waals surface area contributed by atoms with Gasteiger partial charge in [0.05, 0.1) is 11.3 Å². The van der Waals surface area contributed by atoms with Crippen LogP contribution in [0.5, 0.6) is 0 Å². The molecule has 1 aliphatic carbocycles. The molecule has 1 fully saturated rings.